The van der Waals surface area contributed by atoms with Gasteiger partial charge in [-0.15, -0.1) is 0 Å². The average Bonchev–Trinajstić information content (AvgIpc) is 2.55. The molecule has 2 N–H and O–H groups in total. The highest BCUT2D eigenvalue weighted by Gasteiger charge is 2.37. The number of ether oxygens (including phenoxy) is 1. The molecule has 1 saturated heterocycles. The highest BCUT2D eigenvalue weighted by Crippen LogP contribution is 2.33. The summed E-state index contributed by atoms with van der Waals surface area (Å²) in [7, 11) is 0. The molecule has 2 aliphatic heterocycles. The van der Waals surface area contributed by atoms with Gasteiger partial charge in [-0.1, -0.05) is 11.6 Å². The highest BCUT2D eigenvalue weighted by molar-refractivity contribution is 5.93. The summed E-state index contributed by atoms with van der Waals surface area (Å²) >= 11 is 0. The Morgan fingerprint density at radius 2 is 1.87 bits per heavy atom. The van der Waals surface area contributed by atoms with Crippen LogP contribution in [0.5, 0.6) is 0 Å². The zero-order valence-corrected chi connectivity index (χ0v) is 13.1. The van der Waals surface area contributed by atoms with Gasteiger partial charge in [-0.25, -0.2) is 9.97 Å². The fourth-order valence-corrected chi connectivity index (χ4v) is 3.08. The molecule has 23 heavy (non-hydrogen) atoms. The molecule has 1 spiro atoms. The van der Waals surface area contributed by atoms with Gasteiger partial charge in [0.05, 0.1) is 24.6 Å². The topological polar surface area (TPSA) is 98.4 Å². The molecule has 1 aromatic heterocycles. The van der Waals surface area contributed by atoms with E-state index in [2.05, 4.69) is 23.0 Å². The molecule has 0 bridgehead atoms. The second-order valence-corrected chi connectivity index (χ2v) is 6.10. The van der Waals surface area contributed by atoms with Crippen molar-refractivity contribution in [2.45, 2.75) is 31.8 Å². The number of piperidine rings is 1. The molecule has 3 rings (SSSR count). The zero-order chi connectivity index (χ0) is 16.4. The smallest absolute Gasteiger partial charge is 0.274 e. The predicted octanol–water partition coefficient (Wildman–Crippen LogP) is 0.917. The number of carbonyl (C=O) groups excluding carboxylic acids is 2. The van der Waals surface area contributed by atoms with E-state index in [1.807, 2.05) is 0 Å². The van der Waals surface area contributed by atoms with Crippen molar-refractivity contribution in [1.82, 2.24) is 14.9 Å². The molecule has 0 aliphatic carbocycles. The van der Waals surface area contributed by atoms with Gasteiger partial charge in [0, 0.05) is 13.1 Å². The van der Waals surface area contributed by atoms with Crippen LogP contribution in [0.4, 0.5) is 0 Å². The number of primary amides is 1. The second kappa shape index (κ2) is 6.08. The Labute approximate surface area is 134 Å². The fraction of sp³-hybridized carbons (Fsp3) is 0.500. The van der Waals surface area contributed by atoms with Gasteiger partial charge >= 0.3 is 0 Å². The van der Waals surface area contributed by atoms with E-state index in [9.17, 15) is 9.59 Å². The minimum absolute atomic E-state index is 0.0513. The third-order valence-electron chi connectivity index (χ3n) is 4.42. The molecule has 2 aliphatic rings. The van der Waals surface area contributed by atoms with Crippen LogP contribution in [0.3, 0.4) is 0 Å². The average molecular weight is 316 g/mol. The number of carbonyl (C=O) groups is 2. The normalized spacial score (nSPS) is 20.2. The lowest BCUT2D eigenvalue weighted by Crippen LogP contribution is -2.48. The maximum absolute atomic E-state index is 12.5. The van der Waals surface area contributed by atoms with E-state index >= 15 is 0 Å². The standard InChI is InChI=1S/C16H20N4O3/c1-11-2-7-23-16(8-11)3-5-20(6-4-16)15(22)13-10-18-12(9-19-13)14(17)21/h8-10H,2-7H2,1H3,(H2,17,21). The van der Waals surface area contributed by atoms with E-state index < -0.39 is 5.91 Å². The highest BCUT2D eigenvalue weighted by atomic mass is 16.5. The molecular formula is C16H20N4O3. The van der Waals surface area contributed by atoms with Crippen LogP contribution >= 0.6 is 0 Å². The Hall–Kier alpha value is -2.28. The number of hydrogen-bond donors (Lipinski definition) is 1. The fourth-order valence-electron chi connectivity index (χ4n) is 3.08. The van der Waals surface area contributed by atoms with Crippen LogP contribution in [0.2, 0.25) is 0 Å². The summed E-state index contributed by atoms with van der Waals surface area (Å²) in [5.41, 5.74) is 6.52. The van der Waals surface area contributed by atoms with Crippen molar-refractivity contribution in [2.24, 2.45) is 5.73 Å². The van der Waals surface area contributed by atoms with Crippen molar-refractivity contribution in [3.8, 4) is 0 Å². The van der Waals surface area contributed by atoms with Crippen LogP contribution in [0.25, 0.3) is 0 Å². The minimum Gasteiger partial charge on any atom is -0.370 e. The van der Waals surface area contributed by atoms with Crippen LogP contribution in [0.1, 0.15) is 47.2 Å². The first-order chi connectivity index (χ1) is 11.0. The Bertz CT molecular complexity index is 646. The summed E-state index contributed by atoms with van der Waals surface area (Å²) in [5, 5.41) is 0. The first-order valence-electron chi connectivity index (χ1n) is 7.72. The molecular weight excluding hydrogens is 296 g/mol. The quantitative estimate of drug-likeness (QED) is 0.818. The van der Waals surface area contributed by atoms with Crippen molar-refractivity contribution >= 4 is 11.8 Å². The van der Waals surface area contributed by atoms with Gasteiger partial charge in [0.1, 0.15) is 11.4 Å². The van der Waals surface area contributed by atoms with Crippen LogP contribution < -0.4 is 5.73 Å². The SMILES string of the molecule is CC1=CC2(CCN(C(=O)c3cnc(C(N)=O)cn3)CC2)OCC1. The molecule has 1 aromatic rings. The van der Waals surface area contributed by atoms with Crippen LogP contribution in [0.15, 0.2) is 24.0 Å². The van der Waals surface area contributed by atoms with Gasteiger partial charge in [-0.3, -0.25) is 9.59 Å². The minimum atomic E-state index is -0.659. The lowest BCUT2D eigenvalue weighted by Gasteiger charge is -2.42. The molecule has 0 unspecified atom stereocenters. The monoisotopic (exact) mass is 316 g/mol. The first kappa shape index (κ1) is 15.6. The number of likely N-dealkylation sites (tertiary alicyclic amines) is 1. The van der Waals surface area contributed by atoms with Crippen LogP contribution in [-0.4, -0.2) is 52.0 Å². The maximum Gasteiger partial charge on any atom is 0.274 e. The lowest BCUT2D eigenvalue weighted by molar-refractivity contribution is -0.0522. The molecule has 0 atom stereocenters. The van der Waals surface area contributed by atoms with Gasteiger partial charge in [0.25, 0.3) is 11.8 Å². The van der Waals surface area contributed by atoms with E-state index in [1.54, 1.807) is 4.90 Å². The summed E-state index contributed by atoms with van der Waals surface area (Å²) < 4.78 is 5.96. The number of nitrogens with two attached hydrogens (primary N) is 1. The predicted molar refractivity (Wildman–Crippen MR) is 82.7 cm³/mol. The molecule has 0 saturated carbocycles. The van der Waals surface area contributed by atoms with Crippen LogP contribution in [0, 0.1) is 0 Å². The van der Waals surface area contributed by atoms with Crippen molar-refractivity contribution in [3.63, 3.8) is 0 Å². The Kier molecular flexibility index (Phi) is 4.12. The van der Waals surface area contributed by atoms with Gasteiger partial charge in [-0.2, -0.15) is 0 Å². The second-order valence-electron chi connectivity index (χ2n) is 6.10. The molecule has 122 valence electrons. The molecule has 7 nitrogen and oxygen atoms in total. The van der Waals surface area contributed by atoms with E-state index in [-0.39, 0.29) is 22.9 Å². The largest absolute Gasteiger partial charge is 0.370 e. The van der Waals surface area contributed by atoms with Gasteiger partial charge in [0.2, 0.25) is 0 Å². The van der Waals surface area contributed by atoms with Crippen molar-refractivity contribution < 1.29 is 14.3 Å². The summed E-state index contributed by atoms with van der Waals surface area (Å²) in [6.45, 7) is 4.09. The number of amides is 2. The Morgan fingerprint density at radius 1 is 1.22 bits per heavy atom. The van der Waals surface area contributed by atoms with Crippen molar-refractivity contribution in [1.29, 1.82) is 0 Å². The van der Waals surface area contributed by atoms with E-state index in [4.69, 9.17) is 10.5 Å². The molecule has 0 radical (unpaired) electrons. The van der Waals surface area contributed by atoms with E-state index in [0.717, 1.165) is 25.9 Å². The van der Waals surface area contributed by atoms with Crippen LogP contribution in [-0.2, 0) is 4.74 Å². The third kappa shape index (κ3) is 3.24. The van der Waals surface area contributed by atoms with Gasteiger partial charge < -0.3 is 15.4 Å². The summed E-state index contributed by atoms with van der Waals surface area (Å²) in [5.74, 6) is -0.840. The molecule has 1 fully saturated rings. The van der Waals surface area contributed by atoms with E-state index in [1.165, 1.54) is 18.0 Å². The Balaban J connectivity index is 1.66. The third-order valence-corrected chi connectivity index (χ3v) is 4.42. The number of aromatic nitrogens is 2. The number of rotatable bonds is 2. The Morgan fingerprint density at radius 3 is 2.43 bits per heavy atom. The first-order valence-corrected chi connectivity index (χ1v) is 7.72. The number of nitrogens with zero attached hydrogens (tertiary/aromatic N) is 3. The zero-order valence-electron chi connectivity index (χ0n) is 13.1. The van der Waals surface area contributed by atoms with Gasteiger partial charge in [0.15, 0.2) is 0 Å². The molecule has 2 amide bonds. The van der Waals surface area contributed by atoms with Gasteiger partial charge in [-0.05, 0) is 26.2 Å². The molecule has 7 heteroatoms. The lowest BCUT2D eigenvalue weighted by atomic mass is 9.87. The number of hydrogen-bond acceptors (Lipinski definition) is 5. The molecule has 0 aromatic carbocycles. The van der Waals surface area contributed by atoms with Crippen molar-refractivity contribution in [3.05, 3.63) is 35.4 Å². The van der Waals surface area contributed by atoms with Crippen molar-refractivity contribution in [2.75, 3.05) is 19.7 Å². The van der Waals surface area contributed by atoms with E-state index in [0.29, 0.717) is 13.1 Å². The summed E-state index contributed by atoms with van der Waals surface area (Å²) in [6.07, 6.45) is 7.28. The maximum atomic E-state index is 12.5. The molecule has 3 heterocycles. The summed E-state index contributed by atoms with van der Waals surface area (Å²) in [4.78, 5) is 33.1. The summed E-state index contributed by atoms with van der Waals surface area (Å²) in [6, 6.07) is 0.